The van der Waals surface area contributed by atoms with E-state index in [2.05, 4.69) is 11.8 Å². The van der Waals surface area contributed by atoms with E-state index in [4.69, 9.17) is 4.89 Å². The third-order valence-electron chi connectivity index (χ3n) is 1.85. The second-order valence-corrected chi connectivity index (χ2v) is 3.11. The second kappa shape index (κ2) is 8.75. The number of carbonyl (C=O) groups is 1. The Morgan fingerprint density at radius 2 is 2.00 bits per heavy atom. The van der Waals surface area contributed by atoms with Crippen molar-refractivity contribution < 1.29 is 14.6 Å². The molecule has 0 saturated carbocycles. The molecule has 0 rings (SSSR count). The van der Waals surface area contributed by atoms with Crippen LogP contribution in [-0.4, -0.2) is 12.6 Å². The maximum absolute atomic E-state index is 11.3. The first kappa shape index (κ1) is 13.2. The Morgan fingerprint density at radius 1 is 1.29 bits per heavy atom. The number of carbonyl (C=O) groups excluding carboxylic acids is 1. The summed E-state index contributed by atoms with van der Waals surface area (Å²) in [5.41, 5.74) is 0.684. The summed E-state index contributed by atoms with van der Waals surface area (Å²) in [5, 5.41) is 0. The molecule has 0 fully saturated rings. The minimum absolute atomic E-state index is 0.356. The molecular formula is C11H20O3. The van der Waals surface area contributed by atoms with Crippen molar-refractivity contribution in [2.75, 3.05) is 6.61 Å². The van der Waals surface area contributed by atoms with Crippen molar-refractivity contribution in [2.45, 2.75) is 46.5 Å². The third-order valence-corrected chi connectivity index (χ3v) is 1.85. The van der Waals surface area contributed by atoms with Gasteiger partial charge in [0, 0.05) is 5.57 Å². The summed E-state index contributed by atoms with van der Waals surface area (Å²) in [6.07, 6.45) is 5.39. The van der Waals surface area contributed by atoms with Crippen molar-refractivity contribution in [3.05, 3.63) is 11.6 Å². The van der Waals surface area contributed by atoms with Crippen molar-refractivity contribution in [3.8, 4) is 0 Å². The monoisotopic (exact) mass is 200 g/mol. The van der Waals surface area contributed by atoms with E-state index in [1.54, 1.807) is 6.08 Å². The first-order valence-corrected chi connectivity index (χ1v) is 5.25. The summed E-state index contributed by atoms with van der Waals surface area (Å²) >= 11 is 0. The van der Waals surface area contributed by atoms with Gasteiger partial charge in [-0.1, -0.05) is 32.8 Å². The molecule has 82 valence electrons. The van der Waals surface area contributed by atoms with E-state index < -0.39 is 0 Å². The normalized spacial score (nSPS) is 11.5. The van der Waals surface area contributed by atoms with Gasteiger partial charge in [0.1, 0.15) is 0 Å². The molecule has 0 aliphatic carbocycles. The molecule has 3 nitrogen and oxygen atoms in total. The maximum Gasteiger partial charge on any atom is 0.368 e. The van der Waals surface area contributed by atoms with Crippen LogP contribution < -0.4 is 0 Å². The van der Waals surface area contributed by atoms with Crippen LogP contribution in [0.2, 0.25) is 0 Å². The Morgan fingerprint density at radius 3 is 2.50 bits per heavy atom. The molecule has 0 aliphatic rings. The Balaban J connectivity index is 3.71. The van der Waals surface area contributed by atoms with Gasteiger partial charge >= 0.3 is 5.97 Å². The molecular weight excluding hydrogens is 180 g/mol. The van der Waals surface area contributed by atoms with E-state index in [1.807, 2.05) is 13.8 Å². The number of rotatable bonds is 7. The van der Waals surface area contributed by atoms with Gasteiger partial charge in [-0.3, -0.25) is 4.89 Å². The molecule has 0 radical (unpaired) electrons. The molecule has 0 saturated heterocycles. The van der Waals surface area contributed by atoms with Gasteiger partial charge in [-0.15, -0.1) is 0 Å². The lowest BCUT2D eigenvalue weighted by atomic mass is 10.1. The van der Waals surface area contributed by atoms with Crippen molar-refractivity contribution in [3.63, 3.8) is 0 Å². The van der Waals surface area contributed by atoms with Crippen molar-refractivity contribution in [2.24, 2.45) is 0 Å². The van der Waals surface area contributed by atoms with E-state index in [0.29, 0.717) is 12.2 Å². The van der Waals surface area contributed by atoms with Gasteiger partial charge < -0.3 is 0 Å². The first-order chi connectivity index (χ1) is 6.76. The number of unbranched alkanes of at least 4 members (excludes halogenated alkanes) is 1. The summed E-state index contributed by atoms with van der Waals surface area (Å²) < 4.78 is 0. The molecule has 0 spiro atoms. The van der Waals surface area contributed by atoms with Gasteiger partial charge in [-0.2, -0.15) is 4.89 Å². The average Bonchev–Trinajstić information content (AvgIpc) is 2.20. The highest BCUT2D eigenvalue weighted by Crippen LogP contribution is 2.07. The summed E-state index contributed by atoms with van der Waals surface area (Å²) in [5.74, 6) is -0.356. The minimum Gasteiger partial charge on any atom is -0.293 e. The largest absolute Gasteiger partial charge is 0.368 e. The van der Waals surface area contributed by atoms with Crippen molar-refractivity contribution >= 4 is 5.97 Å². The highest BCUT2D eigenvalue weighted by Gasteiger charge is 2.09. The Bertz CT molecular complexity index is 185. The fourth-order valence-electron chi connectivity index (χ4n) is 0.986. The fourth-order valence-corrected chi connectivity index (χ4v) is 0.986. The molecule has 14 heavy (non-hydrogen) atoms. The van der Waals surface area contributed by atoms with Crippen LogP contribution in [0.25, 0.3) is 0 Å². The number of allylic oxidation sites excluding steroid dienone is 1. The van der Waals surface area contributed by atoms with E-state index in [-0.39, 0.29) is 5.97 Å². The van der Waals surface area contributed by atoms with E-state index >= 15 is 0 Å². The van der Waals surface area contributed by atoms with Crippen LogP contribution in [0.15, 0.2) is 11.6 Å². The molecule has 3 heteroatoms. The van der Waals surface area contributed by atoms with Crippen LogP contribution in [0, 0.1) is 0 Å². The van der Waals surface area contributed by atoms with E-state index in [9.17, 15) is 4.79 Å². The van der Waals surface area contributed by atoms with Gasteiger partial charge in [-0.05, 0) is 19.8 Å². The van der Waals surface area contributed by atoms with Gasteiger partial charge in [0.25, 0.3) is 0 Å². The van der Waals surface area contributed by atoms with Crippen LogP contribution in [0.3, 0.4) is 0 Å². The summed E-state index contributed by atoms with van der Waals surface area (Å²) in [6, 6.07) is 0. The predicted molar refractivity (Wildman–Crippen MR) is 55.6 cm³/mol. The van der Waals surface area contributed by atoms with Crippen LogP contribution in [0.5, 0.6) is 0 Å². The Labute approximate surface area is 86.0 Å². The standard InChI is InChI=1S/C11H20O3/c1-4-7-9-13-14-11(12)10(6-3)8-5-2/h6H,4-5,7-9H2,1-3H3/b10-6+. The van der Waals surface area contributed by atoms with Crippen LogP contribution in [-0.2, 0) is 14.6 Å². The van der Waals surface area contributed by atoms with Gasteiger partial charge in [0.15, 0.2) is 0 Å². The zero-order valence-corrected chi connectivity index (χ0v) is 9.34. The maximum atomic E-state index is 11.3. The van der Waals surface area contributed by atoms with Gasteiger partial charge in [0.05, 0.1) is 6.61 Å². The zero-order chi connectivity index (χ0) is 10.8. The highest BCUT2D eigenvalue weighted by atomic mass is 17.2. The number of hydrogen-bond acceptors (Lipinski definition) is 3. The molecule has 0 N–H and O–H groups in total. The SMILES string of the molecule is C/C=C(\CCC)C(=O)OOCCCC. The lowest BCUT2D eigenvalue weighted by Crippen LogP contribution is -2.09. The molecule has 0 aliphatic heterocycles. The molecule has 0 aromatic heterocycles. The summed E-state index contributed by atoms with van der Waals surface area (Å²) in [6.45, 7) is 6.39. The van der Waals surface area contributed by atoms with Crippen molar-refractivity contribution in [1.29, 1.82) is 0 Å². The van der Waals surface area contributed by atoms with Crippen molar-refractivity contribution in [1.82, 2.24) is 0 Å². The van der Waals surface area contributed by atoms with Crippen LogP contribution in [0.1, 0.15) is 46.5 Å². The lowest BCUT2D eigenvalue weighted by Gasteiger charge is -2.04. The second-order valence-electron chi connectivity index (χ2n) is 3.11. The van der Waals surface area contributed by atoms with E-state index in [1.165, 1.54) is 0 Å². The molecule has 0 aromatic rings. The molecule has 0 atom stereocenters. The highest BCUT2D eigenvalue weighted by molar-refractivity contribution is 5.87. The molecule has 0 amide bonds. The molecule has 0 heterocycles. The predicted octanol–water partition coefficient (Wildman–Crippen LogP) is 3.01. The zero-order valence-electron chi connectivity index (χ0n) is 9.34. The van der Waals surface area contributed by atoms with E-state index in [0.717, 1.165) is 25.7 Å². The fraction of sp³-hybridized carbons (Fsp3) is 0.727. The Kier molecular flexibility index (Phi) is 8.24. The first-order valence-electron chi connectivity index (χ1n) is 5.25. The summed E-state index contributed by atoms with van der Waals surface area (Å²) in [4.78, 5) is 20.7. The van der Waals surface area contributed by atoms with Gasteiger partial charge in [0.2, 0.25) is 0 Å². The molecule has 0 unspecified atom stereocenters. The average molecular weight is 200 g/mol. The topological polar surface area (TPSA) is 35.5 Å². The van der Waals surface area contributed by atoms with Crippen LogP contribution >= 0.6 is 0 Å². The summed E-state index contributed by atoms with van der Waals surface area (Å²) in [7, 11) is 0. The third kappa shape index (κ3) is 5.75. The quantitative estimate of drug-likeness (QED) is 0.274. The molecule has 0 aromatic carbocycles. The smallest absolute Gasteiger partial charge is 0.293 e. The lowest BCUT2D eigenvalue weighted by molar-refractivity contribution is -0.268. The minimum atomic E-state index is -0.356. The Hall–Kier alpha value is -0.830. The molecule has 0 bridgehead atoms. The van der Waals surface area contributed by atoms with Gasteiger partial charge in [-0.25, -0.2) is 4.79 Å². The van der Waals surface area contributed by atoms with Crippen LogP contribution in [0.4, 0.5) is 0 Å². The number of hydrogen-bond donors (Lipinski definition) is 0.